The molecule has 2 rings (SSSR count). The van der Waals surface area contributed by atoms with E-state index in [1.807, 2.05) is 44.3 Å². The molecule has 1 N–H and O–H groups in total. The first kappa shape index (κ1) is 14.3. The molecule has 0 fully saturated rings. The van der Waals surface area contributed by atoms with Crippen LogP contribution < -0.4 is 10.1 Å². The van der Waals surface area contributed by atoms with Crippen LogP contribution in [0.1, 0.15) is 11.3 Å². The molecule has 0 spiro atoms. The summed E-state index contributed by atoms with van der Waals surface area (Å²) in [6.45, 7) is 5.08. The predicted molar refractivity (Wildman–Crippen MR) is 78.6 cm³/mol. The van der Waals surface area contributed by atoms with Gasteiger partial charge in [0.2, 0.25) is 5.95 Å². The van der Waals surface area contributed by atoms with Gasteiger partial charge in [0.15, 0.2) is 0 Å². The third-order valence-electron chi connectivity index (χ3n) is 2.89. The topological polar surface area (TPSA) is 56.3 Å². The highest BCUT2D eigenvalue weighted by Crippen LogP contribution is 2.18. The molecule has 0 aliphatic heterocycles. The molecule has 0 unspecified atom stereocenters. The first-order valence-corrected chi connectivity index (χ1v) is 6.48. The highest BCUT2D eigenvalue weighted by molar-refractivity contribution is 5.54. The molecule has 1 aromatic carbocycles. The Balaban J connectivity index is 1.97. The lowest BCUT2D eigenvalue weighted by atomic mass is 10.3. The summed E-state index contributed by atoms with van der Waals surface area (Å²) < 4.78 is 10.4. The minimum absolute atomic E-state index is 0.545. The number of aryl methyl sites for hydroxylation is 2. The highest BCUT2D eigenvalue weighted by atomic mass is 16.5. The zero-order valence-corrected chi connectivity index (χ0v) is 12.0. The van der Waals surface area contributed by atoms with Gasteiger partial charge in [-0.1, -0.05) is 0 Å². The molecule has 0 saturated heterocycles. The Kier molecular flexibility index (Phi) is 4.90. The maximum atomic E-state index is 5.50. The van der Waals surface area contributed by atoms with E-state index < -0.39 is 0 Å². The lowest BCUT2D eigenvalue weighted by molar-refractivity contribution is 0.146. The molecule has 5 nitrogen and oxygen atoms in total. The van der Waals surface area contributed by atoms with Crippen LogP contribution >= 0.6 is 0 Å². The van der Waals surface area contributed by atoms with Gasteiger partial charge in [0, 0.05) is 24.7 Å². The lowest BCUT2D eigenvalue weighted by Crippen LogP contribution is -2.04. The Morgan fingerprint density at radius 3 is 2.50 bits per heavy atom. The van der Waals surface area contributed by atoms with Crippen molar-refractivity contribution in [1.82, 2.24) is 9.97 Å². The molecule has 5 heteroatoms. The minimum atomic E-state index is 0.545. The summed E-state index contributed by atoms with van der Waals surface area (Å²) in [5.41, 5.74) is 2.98. The summed E-state index contributed by atoms with van der Waals surface area (Å²) in [6.07, 6.45) is 1.81. The molecule has 0 bridgehead atoms. The van der Waals surface area contributed by atoms with Crippen LogP contribution in [0.3, 0.4) is 0 Å². The van der Waals surface area contributed by atoms with Crippen LogP contribution in [0.5, 0.6) is 5.75 Å². The normalized spacial score (nSPS) is 10.3. The van der Waals surface area contributed by atoms with Crippen molar-refractivity contribution in [2.45, 2.75) is 13.8 Å². The Hall–Kier alpha value is -2.14. The number of methoxy groups -OCH3 is 1. The lowest BCUT2D eigenvalue weighted by Gasteiger charge is -2.08. The fraction of sp³-hybridized carbons (Fsp3) is 0.333. The fourth-order valence-corrected chi connectivity index (χ4v) is 1.59. The third-order valence-corrected chi connectivity index (χ3v) is 2.89. The van der Waals surface area contributed by atoms with E-state index in [9.17, 15) is 0 Å². The summed E-state index contributed by atoms with van der Waals surface area (Å²) in [4.78, 5) is 8.63. The number of aromatic nitrogens is 2. The van der Waals surface area contributed by atoms with Gasteiger partial charge in [-0.25, -0.2) is 9.97 Å². The summed E-state index contributed by atoms with van der Waals surface area (Å²) in [5.74, 6) is 1.41. The number of ether oxygens (including phenoxy) is 2. The quantitative estimate of drug-likeness (QED) is 0.820. The molecule has 1 aromatic heterocycles. The fourth-order valence-electron chi connectivity index (χ4n) is 1.59. The smallest absolute Gasteiger partial charge is 0.227 e. The first-order chi connectivity index (χ1) is 9.69. The Bertz CT molecular complexity index is 556. The van der Waals surface area contributed by atoms with Crippen LogP contribution in [0.15, 0.2) is 30.5 Å². The van der Waals surface area contributed by atoms with Gasteiger partial charge in [0.05, 0.1) is 6.61 Å². The van der Waals surface area contributed by atoms with Gasteiger partial charge >= 0.3 is 0 Å². The van der Waals surface area contributed by atoms with E-state index >= 15 is 0 Å². The van der Waals surface area contributed by atoms with Gasteiger partial charge in [-0.15, -0.1) is 0 Å². The summed E-state index contributed by atoms with van der Waals surface area (Å²) in [6, 6.07) is 7.67. The number of nitrogens with one attached hydrogen (secondary N) is 1. The number of rotatable bonds is 6. The molecule has 2 aromatic rings. The van der Waals surface area contributed by atoms with Crippen LogP contribution in [-0.4, -0.2) is 30.3 Å². The van der Waals surface area contributed by atoms with Crippen molar-refractivity contribution < 1.29 is 9.47 Å². The standard InChI is InChI=1S/C15H19N3O2/c1-11-10-16-15(17-12(11)2)18-13-4-6-14(7-5-13)20-9-8-19-3/h4-7,10H,8-9H2,1-3H3,(H,16,17,18). The van der Waals surface area contributed by atoms with Crippen molar-refractivity contribution in [2.24, 2.45) is 0 Å². The summed E-state index contributed by atoms with van der Waals surface area (Å²) >= 11 is 0. The zero-order chi connectivity index (χ0) is 14.4. The molecule has 1 heterocycles. The zero-order valence-electron chi connectivity index (χ0n) is 12.0. The van der Waals surface area contributed by atoms with Crippen molar-refractivity contribution in [3.63, 3.8) is 0 Å². The second-order valence-electron chi connectivity index (χ2n) is 4.45. The molecular weight excluding hydrogens is 254 g/mol. The monoisotopic (exact) mass is 273 g/mol. The van der Waals surface area contributed by atoms with Crippen LogP contribution in [0.4, 0.5) is 11.6 Å². The Morgan fingerprint density at radius 2 is 1.85 bits per heavy atom. The molecule has 0 radical (unpaired) electrons. The van der Waals surface area contributed by atoms with Gasteiger partial charge < -0.3 is 14.8 Å². The SMILES string of the molecule is COCCOc1ccc(Nc2ncc(C)c(C)n2)cc1. The van der Waals surface area contributed by atoms with E-state index in [0.717, 1.165) is 22.7 Å². The van der Waals surface area contributed by atoms with Gasteiger partial charge in [-0.2, -0.15) is 0 Å². The van der Waals surface area contributed by atoms with Gasteiger partial charge in [-0.05, 0) is 43.7 Å². The van der Waals surface area contributed by atoms with Crippen LogP contribution in [0.2, 0.25) is 0 Å². The van der Waals surface area contributed by atoms with E-state index in [1.165, 1.54) is 0 Å². The number of benzene rings is 1. The van der Waals surface area contributed by atoms with Gasteiger partial charge in [0.1, 0.15) is 12.4 Å². The van der Waals surface area contributed by atoms with Gasteiger partial charge in [0.25, 0.3) is 0 Å². The molecule has 0 aliphatic carbocycles. The summed E-state index contributed by atoms with van der Waals surface area (Å²) in [7, 11) is 1.65. The molecule has 106 valence electrons. The van der Waals surface area contributed by atoms with E-state index in [-0.39, 0.29) is 0 Å². The van der Waals surface area contributed by atoms with E-state index in [0.29, 0.717) is 19.2 Å². The van der Waals surface area contributed by atoms with E-state index in [2.05, 4.69) is 15.3 Å². The van der Waals surface area contributed by atoms with E-state index in [4.69, 9.17) is 9.47 Å². The predicted octanol–water partition coefficient (Wildman–Crippen LogP) is 2.86. The van der Waals surface area contributed by atoms with Crippen LogP contribution in [0.25, 0.3) is 0 Å². The second-order valence-corrected chi connectivity index (χ2v) is 4.45. The van der Waals surface area contributed by atoms with Crippen molar-refractivity contribution in [3.8, 4) is 5.75 Å². The number of anilines is 2. The number of nitrogens with zero attached hydrogens (tertiary/aromatic N) is 2. The molecule has 20 heavy (non-hydrogen) atoms. The highest BCUT2D eigenvalue weighted by Gasteiger charge is 2.01. The Labute approximate surface area is 119 Å². The largest absolute Gasteiger partial charge is 0.491 e. The second kappa shape index (κ2) is 6.86. The van der Waals surface area contributed by atoms with Gasteiger partial charge in [-0.3, -0.25) is 0 Å². The third kappa shape index (κ3) is 3.93. The molecular formula is C15H19N3O2. The molecule has 0 aliphatic rings. The van der Waals surface area contributed by atoms with E-state index in [1.54, 1.807) is 7.11 Å². The molecule has 0 atom stereocenters. The van der Waals surface area contributed by atoms with Crippen LogP contribution in [0, 0.1) is 13.8 Å². The average Bonchev–Trinajstić information content (AvgIpc) is 2.45. The number of hydrogen-bond donors (Lipinski definition) is 1. The van der Waals surface area contributed by atoms with Crippen molar-refractivity contribution >= 4 is 11.6 Å². The first-order valence-electron chi connectivity index (χ1n) is 6.48. The summed E-state index contributed by atoms with van der Waals surface area (Å²) in [5, 5.41) is 3.16. The molecule has 0 amide bonds. The Morgan fingerprint density at radius 1 is 1.10 bits per heavy atom. The minimum Gasteiger partial charge on any atom is -0.491 e. The van der Waals surface area contributed by atoms with Crippen molar-refractivity contribution in [2.75, 3.05) is 25.6 Å². The maximum absolute atomic E-state index is 5.50. The van der Waals surface area contributed by atoms with Crippen molar-refractivity contribution in [3.05, 3.63) is 41.7 Å². The number of hydrogen-bond acceptors (Lipinski definition) is 5. The van der Waals surface area contributed by atoms with Crippen LogP contribution in [-0.2, 0) is 4.74 Å². The average molecular weight is 273 g/mol. The van der Waals surface area contributed by atoms with Crippen molar-refractivity contribution in [1.29, 1.82) is 0 Å². The maximum Gasteiger partial charge on any atom is 0.227 e. The molecule has 0 saturated carbocycles.